The Balaban J connectivity index is 0.00000480. The number of carbonyl (C=O) groups is 1. The van der Waals surface area contributed by atoms with Crippen LogP contribution < -0.4 is 26.9 Å². The molecule has 0 bridgehead atoms. The number of hydrogen-bond donors (Lipinski definition) is 1. The summed E-state index contributed by atoms with van der Waals surface area (Å²) in [6.07, 6.45) is 10.6. The molecule has 2 rings (SSSR count). The number of amides is 1. The predicted molar refractivity (Wildman–Crippen MR) is 113 cm³/mol. The van der Waals surface area contributed by atoms with Gasteiger partial charge in [-0.05, 0) is 37.1 Å². The second kappa shape index (κ2) is 15.0. The maximum absolute atomic E-state index is 12.5. The van der Waals surface area contributed by atoms with Gasteiger partial charge in [0.1, 0.15) is 6.54 Å². The van der Waals surface area contributed by atoms with E-state index in [4.69, 9.17) is 0 Å². The van der Waals surface area contributed by atoms with Gasteiger partial charge in [0, 0.05) is 30.7 Å². The van der Waals surface area contributed by atoms with E-state index in [1.807, 2.05) is 6.07 Å². The van der Waals surface area contributed by atoms with E-state index >= 15 is 0 Å². The number of alkyl halides is 3. The molecule has 0 saturated carbocycles. The Hall–Kier alpha value is -1.89. The van der Waals surface area contributed by atoms with Crippen LogP contribution in [0.4, 0.5) is 18.9 Å². The maximum atomic E-state index is 12.5. The van der Waals surface area contributed by atoms with Crippen molar-refractivity contribution < 1.29 is 39.5 Å². The van der Waals surface area contributed by atoms with E-state index in [2.05, 4.69) is 34.4 Å². The van der Waals surface area contributed by atoms with Crippen molar-refractivity contribution in [2.24, 2.45) is 0 Å². The predicted octanol–water partition coefficient (Wildman–Crippen LogP) is 3.54. The Morgan fingerprint density at radius 2 is 1.29 bits per heavy atom. The first-order valence-electron chi connectivity index (χ1n) is 10.9. The fraction of sp³-hybridized carbons (Fsp3) is 0.500. The summed E-state index contributed by atoms with van der Waals surface area (Å²) < 4.78 is 39.8. The minimum atomic E-state index is -4.36. The van der Waals surface area contributed by atoms with Gasteiger partial charge in [0.25, 0.3) is 0 Å². The van der Waals surface area contributed by atoms with Gasteiger partial charge in [0.05, 0.1) is 5.56 Å². The summed E-state index contributed by atoms with van der Waals surface area (Å²) in [4.78, 5) is 11.9. The summed E-state index contributed by atoms with van der Waals surface area (Å²) in [6, 6.07) is 10.7. The highest BCUT2D eigenvalue weighted by Crippen LogP contribution is 2.29. The summed E-state index contributed by atoms with van der Waals surface area (Å²) in [6.45, 7) is 1.08. The molecule has 0 aliphatic rings. The largest absolute Gasteiger partial charge is 1.00 e. The molecule has 1 aromatic carbocycles. The van der Waals surface area contributed by atoms with E-state index < -0.39 is 11.7 Å². The quantitative estimate of drug-likeness (QED) is 0.331. The number of nitrogens with one attached hydrogen (secondary N) is 1. The lowest BCUT2D eigenvalue weighted by atomic mass is 10.1. The van der Waals surface area contributed by atoms with Gasteiger partial charge < -0.3 is 22.3 Å². The van der Waals surface area contributed by atoms with E-state index in [1.54, 1.807) is 0 Å². The number of carbonyl (C=O) groups excluding carboxylic acids is 1. The first-order valence-corrected chi connectivity index (χ1v) is 10.9. The number of hydrogen-bond acceptors (Lipinski definition) is 1. The molecule has 0 fully saturated rings. The molecule has 0 aliphatic carbocycles. The van der Waals surface area contributed by atoms with E-state index in [0.29, 0.717) is 12.1 Å². The average molecular weight is 501 g/mol. The molecule has 0 radical (unpaired) electrons. The van der Waals surface area contributed by atoms with Crippen LogP contribution in [0.1, 0.15) is 69.8 Å². The molecule has 172 valence electrons. The van der Waals surface area contributed by atoms with Crippen LogP contribution in [0.5, 0.6) is 0 Å². The molecule has 0 saturated heterocycles. The topological polar surface area (TPSA) is 33.0 Å². The highest BCUT2D eigenvalue weighted by Gasteiger charge is 2.29. The first kappa shape index (κ1) is 27.1. The molecule has 3 nitrogen and oxygen atoms in total. The highest BCUT2D eigenvalue weighted by molar-refractivity contribution is 5.90. The number of rotatable bonds is 13. The molecule has 1 aromatic heterocycles. The van der Waals surface area contributed by atoms with Crippen molar-refractivity contribution in [3.05, 3.63) is 60.4 Å². The smallest absolute Gasteiger partial charge is 0.416 e. The fourth-order valence-corrected chi connectivity index (χ4v) is 3.37. The van der Waals surface area contributed by atoms with Crippen molar-refractivity contribution in [2.45, 2.75) is 76.9 Å². The van der Waals surface area contributed by atoms with Crippen LogP contribution in [0.15, 0.2) is 54.9 Å². The van der Waals surface area contributed by atoms with Gasteiger partial charge in [-0.15, -0.1) is 0 Å². The summed E-state index contributed by atoms with van der Waals surface area (Å²) in [5, 5.41) is 2.66. The van der Waals surface area contributed by atoms with Crippen LogP contribution in [0, 0.1) is 0 Å². The number of aryl methyl sites for hydroxylation is 1. The van der Waals surface area contributed by atoms with Gasteiger partial charge in [-0.3, -0.25) is 4.79 Å². The van der Waals surface area contributed by atoms with Gasteiger partial charge >= 0.3 is 6.18 Å². The van der Waals surface area contributed by atoms with Crippen molar-refractivity contribution in [2.75, 3.05) is 5.32 Å². The number of unbranched alkanes of at least 4 members (excludes halogenated alkanes) is 8. The Bertz CT molecular complexity index is 737. The summed E-state index contributed by atoms with van der Waals surface area (Å²) >= 11 is 0. The van der Waals surface area contributed by atoms with Gasteiger partial charge in [0.2, 0.25) is 5.91 Å². The molecule has 31 heavy (non-hydrogen) atoms. The Morgan fingerprint density at radius 3 is 1.84 bits per heavy atom. The van der Waals surface area contributed by atoms with Gasteiger partial charge in [-0.2, -0.15) is 13.2 Å². The number of anilines is 1. The molecular weight excluding hydrogens is 469 g/mol. The second-order valence-corrected chi connectivity index (χ2v) is 7.67. The number of halogens is 4. The van der Waals surface area contributed by atoms with Gasteiger partial charge in [-0.25, -0.2) is 4.57 Å². The summed E-state index contributed by atoms with van der Waals surface area (Å²) in [5.41, 5.74) is -0.311. The van der Waals surface area contributed by atoms with Crippen LogP contribution in [0.25, 0.3) is 0 Å². The SMILES string of the molecule is O=C(CCCCCCCCCCC[n+]1ccccc1)Nc1ccc(C(F)(F)F)cc1.[Br-]. The summed E-state index contributed by atoms with van der Waals surface area (Å²) in [7, 11) is 0. The van der Waals surface area contributed by atoms with Crippen molar-refractivity contribution >= 4 is 11.6 Å². The summed E-state index contributed by atoms with van der Waals surface area (Å²) in [5.74, 6) is -0.147. The average Bonchev–Trinajstić information content (AvgIpc) is 2.72. The minimum Gasteiger partial charge on any atom is -1.00 e. The number of benzene rings is 1. The van der Waals surface area contributed by atoms with E-state index in [-0.39, 0.29) is 22.9 Å². The third kappa shape index (κ3) is 11.9. The van der Waals surface area contributed by atoms with E-state index in [0.717, 1.165) is 37.9 Å². The fourth-order valence-electron chi connectivity index (χ4n) is 3.37. The molecule has 0 unspecified atom stereocenters. The molecular formula is C24H32BrF3N2O. The second-order valence-electron chi connectivity index (χ2n) is 7.67. The van der Waals surface area contributed by atoms with Crippen LogP contribution >= 0.6 is 0 Å². The standard InChI is InChI=1S/C24H31F3N2O.BrH/c25-24(26,27)21-14-16-22(17-15-21)28-23(30)13-9-6-4-2-1-3-5-7-10-18-29-19-11-8-12-20-29;/h8,11-12,14-17,19-20H,1-7,9-10,13,18H2;1H. The number of aromatic nitrogens is 1. The molecule has 1 heterocycles. The van der Waals surface area contributed by atoms with Crippen LogP contribution in [0.3, 0.4) is 0 Å². The third-order valence-electron chi connectivity index (χ3n) is 5.09. The normalized spacial score (nSPS) is 11.1. The Labute approximate surface area is 193 Å². The Morgan fingerprint density at radius 1 is 0.774 bits per heavy atom. The molecule has 2 aromatic rings. The van der Waals surface area contributed by atoms with Gasteiger partial charge in [-0.1, -0.05) is 44.6 Å². The highest BCUT2D eigenvalue weighted by atomic mass is 79.9. The van der Waals surface area contributed by atoms with Crippen LogP contribution in [0.2, 0.25) is 0 Å². The van der Waals surface area contributed by atoms with Crippen LogP contribution in [-0.4, -0.2) is 5.91 Å². The lowest BCUT2D eigenvalue weighted by Gasteiger charge is -2.09. The molecule has 0 atom stereocenters. The van der Waals surface area contributed by atoms with Crippen molar-refractivity contribution in [3.63, 3.8) is 0 Å². The molecule has 0 spiro atoms. The lowest BCUT2D eigenvalue weighted by molar-refractivity contribution is -0.697. The monoisotopic (exact) mass is 500 g/mol. The maximum Gasteiger partial charge on any atom is 0.416 e. The lowest BCUT2D eigenvalue weighted by Crippen LogP contribution is -3.00. The van der Waals surface area contributed by atoms with Crippen molar-refractivity contribution in [1.29, 1.82) is 0 Å². The zero-order chi connectivity index (χ0) is 21.7. The van der Waals surface area contributed by atoms with Crippen molar-refractivity contribution in [3.8, 4) is 0 Å². The van der Waals surface area contributed by atoms with Gasteiger partial charge in [0.15, 0.2) is 12.4 Å². The van der Waals surface area contributed by atoms with E-state index in [9.17, 15) is 18.0 Å². The molecule has 1 N–H and O–H groups in total. The first-order chi connectivity index (χ1) is 14.4. The molecule has 7 heteroatoms. The zero-order valence-electron chi connectivity index (χ0n) is 17.8. The molecule has 0 aliphatic heterocycles. The number of nitrogens with zero attached hydrogens (tertiary/aromatic N) is 1. The van der Waals surface area contributed by atoms with E-state index in [1.165, 1.54) is 50.7 Å². The molecule has 1 amide bonds. The van der Waals surface area contributed by atoms with Crippen LogP contribution in [-0.2, 0) is 17.5 Å². The number of pyridine rings is 1. The third-order valence-corrected chi connectivity index (χ3v) is 5.09. The minimum absolute atomic E-state index is 0. The van der Waals surface area contributed by atoms with Crippen molar-refractivity contribution in [1.82, 2.24) is 0 Å². The zero-order valence-corrected chi connectivity index (χ0v) is 19.4. The Kier molecular flexibility index (Phi) is 13.1.